The van der Waals surface area contributed by atoms with Gasteiger partial charge in [-0.2, -0.15) is 5.26 Å². The van der Waals surface area contributed by atoms with Crippen LogP contribution in [0.1, 0.15) is 0 Å². The molecule has 0 aliphatic heterocycles. The minimum atomic E-state index is -4.75. The maximum atomic E-state index is 11.7. The third-order valence-corrected chi connectivity index (χ3v) is 1.53. The first-order valence-corrected chi connectivity index (χ1v) is 6.80. The quantitative estimate of drug-likeness (QED) is 0.288. The largest absolute Gasteiger partial charge is 0.524 e. The second-order valence-corrected chi connectivity index (χ2v) is 7.64. The molecule has 0 aromatic heterocycles. The molecule has 0 fully saturated rings. The van der Waals surface area contributed by atoms with Crippen LogP contribution in [0.3, 0.4) is 0 Å². The zero-order chi connectivity index (χ0) is 10.7. The number of nitrogens with zero attached hydrogens (tertiary/aromatic N) is 2. The molecule has 0 atom stereocenters. The summed E-state index contributed by atoms with van der Waals surface area (Å²) in [6, 6.07) is 1.26. The van der Waals surface area contributed by atoms with Crippen molar-refractivity contribution in [3.05, 3.63) is 0 Å². The van der Waals surface area contributed by atoms with Crippen molar-refractivity contribution in [1.29, 1.82) is 5.26 Å². The number of hydrogen-bond donors (Lipinski definition) is 0. The van der Waals surface area contributed by atoms with Crippen LogP contribution in [-0.2, 0) is 4.43 Å². The molecule has 13 heavy (non-hydrogen) atoms. The fraction of sp³-hybridized carbons (Fsp3) is 0.667. The van der Waals surface area contributed by atoms with E-state index in [1.165, 1.54) is 6.07 Å². The fourth-order valence-corrected chi connectivity index (χ4v) is 1.15. The van der Waals surface area contributed by atoms with Crippen LogP contribution in [0.15, 0.2) is 4.99 Å². The highest BCUT2D eigenvalue weighted by molar-refractivity contribution is 6.71. The Morgan fingerprint density at radius 2 is 1.85 bits per heavy atom. The third-order valence-electron chi connectivity index (χ3n) is 0.727. The summed E-state index contributed by atoms with van der Waals surface area (Å²) in [5, 5.41) is 8.27. The van der Waals surface area contributed by atoms with Crippen LogP contribution in [-0.4, -0.2) is 20.5 Å². The molecule has 0 saturated heterocycles. The van der Waals surface area contributed by atoms with E-state index < -0.39 is 20.5 Å². The Labute approximate surface area is 75.0 Å². The monoisotopic (exact) mass is 210 g/mol. The average Bonchev–Trinajstić information content (AvgIpc) is 1.79. The van der Waals surface area contributed by atoms with E-state index in [1.807, 2.05) is 0 Å². The lowest BCUT2D eigenvalue weighted by molar-refractivity contribution is -0.120. The Hall–Kier alpha value is -1.03. The van der Waals surface area contributed by atoms with Gasteiger partial charge in [-0.25, -0.2) is 0 Å². The summed E-state index contributed by atoms with van der Waals surface area (Å²) in [7, 11) is -2.19. The summed E-state index contributed by atoms with van der Waals surface area (Å²) < 4.78 is 39.8. The molecule has 74 valence electrons. The highest BCUT2D eigenvalue weighted by Crippen LogP contribution is 2.17. The highest BCUT2D eigenvalue weighted by atomic mass is 28.4. The number of alkyl halides is 3. The smallest absolute Gasteiger partial charge is 0.506 e. The van der Waals surface area contributed by atoms with Gasteiger partial charge in [0.2, 0.25) is 8.32 Å². The number of rotatable bonds is 1. The predicted molar refractivity (Wildman–Crippen MR) is 43.5 cm³/mol. The van der Waals surface area contributed by atoms with E-state index >= 15 is 0 Å². The van der Waals surface area contributed by atoms with Crippen LogP contribution in [0.2, 0.25) is 19.6 Å². The van der Waals surface area contributed by atoms with Gasteiger partial charge in [0.05, 0.1) is 0 Å². The van der Waals surface area contributed by atoms with Gasteiger partial charge in [-0.15, -0.1) is 18.2 Å². The summed E-state index contributed by atoms with van der Waals surface area (Å²) in [6.07, 6.45) is -4.75. The van der Waals surface area contributed by atoms with E-state index in [0.717, 1.165) is 0 Å². The van der Waals surface area contributed by atoms with E-state index in [9.17, 15) is 13.2 Å². The topological polar surface area (TPSA) is 45.4 Å². The van der Waals surface area contributed by atoms with Gasteiger partial charge in [0.15, 0.2) is 6.07 Å². The third kappa shape index (κ3) is 7.33. The standard InChI is InChI=1S/C6H9F3N2OSi/c1-13(2,3)12-5(4-10)11-6(7,8)9/h1-3H3/b11-5+. The normalized spacial score (nSPS) is 13.8. The Bertz CT molecular complexity index is 248. The van der Waals surface area contributed by atoms with E-state index in [0.29, 0.717) is 0 Å². The maximum Gasteiger partial charge on any atom is 0.506 e. The summed E-state index contributed by atoms with van der Waals surface area (Å²) in [4.78, 5) is 2.18. The van der Waals surface area contributed by atoms with Crippen LogP contribution in [0.25, 0.3) is 0 Å². The van der Waals surface area contributed by atoms with Crippen molar-refractivity contribution in [3.8, 4) is 6.07 Å². The number of nitriles is 1. The first-order valence-electron chi connectivity index (χ1n) is 3.40. The number of halogens is 3. The summed E-state index contributed by atoms with van der Waals surface area (Å²) in [6.45, 7) is 4.99. The molecule has 0 aromatic carbocycles. The molecular formula is C6H9F3N2OSi. The van der Waals surface area contributed by atoms with Crippen LogP contribution < -0.4 is 0 Å². The van der Waals surface area contributed by atoms with Gasteiger partial charge in [0, 0.05) is 0 Å². The molecule has 0 rings (SSSR count). The van der Waals surface area contributed by atoms with Crippen molar-refractivity contribution in [1.82, 2.24) is 0 Å². The summed E-state index contributed by atoms with van der Waals surface area (Å²) >= 11 is 0. The Kier molecular flexibility index (Phi) is 3.48. The lowest BCUT2D eigenvalue weighted by atomic mass is 10.7. The van der Waals surface area contributed by atoms with Crippen molar-refractivity contribution in [2.75, 3.05) is 0 Å². The molecule has 0 N–H and O–H groups in total. The summed E-state index contributed by atoms with van der Waals surface area (Å²) in [5.74, 6) is -0.910. The lowest BCUT2D eigenvalue weighted by Gasteiger charge is -2.16. The van der Waals surface area contributed by atoms with Crippen LogP contribution in [0, 0.1) is 11.3 Å². The van der Waals surface area contributed by atoms with Gasteiger partial charge in [-0.3, -0.25) is 0 Å². The zero-order valence-electron chi connectivity index (χ0n) is 7.44. The second-order valence-electron chi connectivity index (χ2n) is 3.21. The lowest BCUT2D eigenvalue weighted by Crippen LogP contribution is -2.29. The highest BCUT2D eigenvalue weighted by Gasteiger charge is 2.29. The minimum absolute atomic E-state index is 0.910. The molecule has 0 heterocycles. The Balaban J connectivity index is 4.57. The van der Waals surface area contributed by atoms with Gasteiger partial charge >= 0.3 is 6.30 Å². The van der Waals surface area contributed by atoms with E-state index in [1.54, 1.807) is 19.6 Å². The van der Waals surface area contributed by atoms with Crippen LogP contribution in [0.5, 0.6) is 0 Å². The van der Waals surface area contributed by atoms with Crippen molar-refractivity contribution < 1.29 is 17.6 Å². The van der Waals surface area contributed by atoms with Crippen molar-refractivity contribution in [2.45, 2.75) is 25.9 Å². The van der Waals surface area contributed by atoms with E-state index in [2.05, 4.69) is 4.99 Å². The van der Waals surface area contributed by atoms with E-state index in [4.69, 9.17) is 9.69 Å². The van der Waals surface area contributed by atoms with Gasteiger partial charge < -0.3 is 4.43 Å². The molecule has 0 radical (unpaired) electrons. The number of aliphatic imine (C=N–C) groups is 1. The van der Waals surface area contributed by atoms with Gasteiger partial charge in [0.1, 0.15) is 0 Å². The molecule has 0 bridgehead atoms. The summed E-state index contributed by atoms with van der Waals surface area (Å²) in [5.41, 5.74) is 0. The fourth-order valence-electron chi connectivity index (χ4n) is 0.476. The molecule has 0 saturated carbocycles. The number of hydrogen-bond acceptors (Lipinski definition) is 3. The molecule has 0 unspecified atom stereocenters. The Morgan fingerprint density at radius 3 is 2.08 bits per heavy atom. The van der Waals surface area contributed by atoms with Gasteiger partial charge in [0.25, 0.3) is 5.90 Å². The van der Waals surface area contributed by atoms with Crippen molar-refractivity contribution in [2.24, 2.45) is 4.99 Å². The molecule has 0 aromatic rings. The minimum Gasteiger partial charge on any atom is -0.524 e. The van der Waals surface area contributed by atoms with Gasteiger partial charge in [-0.05, 0) is 19.6 Å². The van der Waals surface area contributed by atoms with Gasteiger partial charge in [-0.1, -0.05) is 0 Å². The predicted octanol–water partition coefficient (Wildman–Crippen LogP) is 2.28. The first-order chi connectivity index (χ1) is 5.64. The first kappa shape index (κ1) is 12.0. The van der Waals surface area contributed by atoms with E-state index in [-0.39, 0.29) is 0 Å². The molecule has 0 spiro atoms. The van der Waals surface area contributed by atoms with Crippen molar-refractivity contribution in [3.63, 3.8) is 0 Å². The van der Waals surface area contributed by atoms with Crippen LogP contribution >= 0.6 is 0 Å². The molecule has 3 nitrogen and oxygen atoms in total. The van der Waals surface area contributed by atoms with Crippen LogP contribution in [0.4, 0.5) is 13.2 Å². The van der Waals surface area contributed by atoms with Crippen molar-refractivity contribution >= 4 is 14.2 Å². The zero-order valence-corrected chi connectivity index (χ0v) is 8.44. The second kappa shape index (κ2) is 3.78. The Morgan fingerprint density at radius 1 is 1.38 bits per heavy atom. The molecule has 0 aliphatic rings. The molecular weight excluding hydrogens is 201 g/mol. The average molecular weight is 210 g/mol. The molecule has 7 heteroatoms. The maximum absolute atomic E-state index is 11.7. The molecule has 0 aliphatic carbocycles. The SMILES string of the molecule is C[Si](C)(C)O/C(C#N)=N/C(F)(F)F. The molecule has 0 amide bonds.